The van der Waals surface area contributed by atoms with E-state index in [2.05, 4.69) is 158 Å². The molecule has 3 heteroatoms. The summed E-state index contributed by atoms with van der Waals surface area (Å²) in [6, 6.07) is 49.8. The summed E-state index contributed by atoms with van der Waals surface area (Å²) < 4.78 is 2.38. The van der Waals surface area contributed by atoms with Gasteiger partial charge >= 0.3 is 0 Å². The lowest BCUT2D eigenvalue weighted by atomic mass is 9.82. The van der Waals surface area contributed by atoms with Gasteiger partial charge in [0.25, 0.3) is 0 Å². The van der Waals surface area contributed by atoms with E-state index in [1.807, 2.05) is 0 Å². The Hall–Kier alpha value is -5.54. The van der Waals surface area contributed by atoms with Gasteiger partial charge in [-0.2, -0.15) is 0 Å². The number of benzene rings is 6. The van der Waals surface area contributed by atoms with Crippen LogP contribution in [0.15, 0.2) is 140 Å². The predicted molar refractivity (Wildman–Crippen MR) is 182 cm³/mol. The van der Waals surface area contributed by atoms with Gasteiger partial charge < -0.3 is 0 Å². The molecule has 2 aromatic heterocycles. The van der Waals surface area contributed by atoms with E-state index >= 15 is 0 Å². The molecule has 1 aliphatic carbocycles. The van der Waals surface area contributed by atoms with Crippen molar-refractivity contribution in [3.63, 3.8) is 0 Å². The number of hydrogen-bond donors (Lipinski definition) is 0. The van der Waals surface area contributed by atoms with Crippen LogP contribution in [0.3, 0.4) is 0 Å². The normalized spacial score (nSPS) is 13.4. The first kappa shape index (κ1) is 25.0. The molecular weight excluding hydrogens is 534 g/mol. The van der Waals surface area contributed by atoms with Gasteiger partial charge in [0, 0.05) is 32.9 Å². The second kappa shape index (κ2) is 9.23. The lowest BCUT2D eigenvalue weighted by molar-refractivity contribution is 0.650. The van der Waals surface area contributed by atoms with E-state index in [9.17, 15) is 0 Å². The standard InChI is InChI=1S/C41H29N3/c1-41(2)34-18-10-8-17-32(34)38-37(41)40(43-39(42-38)28-22-20-27(21-23-28)26-12-4-3-5-13-26)44-35-19-11-9-16-31(35)33-24-29-14-6-7-15-30(29)25-36(33)44/h3-25H,1-2H3. The lowest BCUT2D eigenvalue weighted by Gasteiger charge is -2.24. The van der Waals surface area contributed by atoms with Crippen molar-refractivity contribution in [3.05, 3.63) is 151 Å². The molecule has 0 saturated heterocycles. The van der Waals surface area contributed by atoms with E-state index in [0.717, 1.165) is 33.9 Å². The molecule has 0 bridgehead atoms. The van der Waals surface area contributed by atoms with Crippen LogP contribution >= 0.6 is 0 Å². The molecule has 6 aromatic carbocycles. The van der Waals surface area contributed by atoms with Crippen LogP contribution in [0.4, 0.5) is 0 Å². The Bertz CT molecular complexity index is 2400. The second-order valence-electron chi connectivity index (χ2n) is 12.3. The molecule has 0 atom stereocenters. The molecule has 9 rings (SSSR count). The van der Waals surface area contributed by atoms with Crippen molar-refractivity contribution in [2.75, 3.05) is 0 Å². The molecule has 0 fully saturated rings. The molecule has 0 saturated carbocycles. The van der Waals surface area contributed by atoms with Crippen LogP contribution in [0.1, 0.15) is 25.0 Å². The van der Waals surface area contributed by atoms with Gasteiger partial charge in [0.15, 0.2) is 5.82 Å². The Morgan fingerprint density at radius 2 is 1.16 bits per heavy atom. The molecule has 1 aliphatic rings. The number of fused-ring (bicyclic) bond motifs is 7. The molecule has 0 amide bonds. The van der Waals surface area contributed by atoms with Crippen molar-refractivity contribution in [1.82, 2.24) is 14.5 Å². The SMILES string of the molecule is CC1(C)c2ccccc2-c2nc(-c3ccc(-c4ccccc4)cc3)nc(-n3c4ccccc4c4cc5ccccc5cc43)c21. The zero-order chi connectivity index (χ0) is 29.4. The summed E-state index contributed by atoms with van der Waals surface area (Å²) in [6.07, 6.45) is 0. The highest BCUT2D eigenvalue weighted by Gasteiger charge is 2.40. The van der Waals surface area contributed by atoms with Crippen LogP contribution < -0.4 is 0 Å². The molecule has 2 heterocycles. The highest BCUT2D eigenvalue weighted by molar-refractivity contribution is 6.13. The summed E-state index contributed by atoms with van der Waals surface area (Å²) >= 11 is 0. The zero-order valence-corrected chi connectivity index (χ0v) is 24.6. The average Bonchev–Trinajstić information content (AvgIpc) is 3.52. The maximum Gasteiger partial charge on any atom is 0.162 e. The molecule has 8 aromatic rings. The first-order valence-electron chi connectivity index (χ1n) is 15.2. The molecule has 44 heavy (non-hydrogen) atoms. The molecule has 208 valence electrons. The van der Waals surface area contributed by atoms with Crippen LogP contribution in [-0.4, -0.2) is 14.5 Å². The monoisotopic (exact) mass is 563 g/mol. The first-order chi connectivity index (χ1) is 21.6. The smallest absolute Gasteiger partial charge is 0.162 e. The number of aromatic nitrogens is 3. The van der Waals surface area contributed by atoms with Gasteiger partial charge in [-0.25, -0.2) is 9.97 Å². The largest absolute Gasteiger partial charge is 0.293 e. The summed E-state index contributed by atoms with van der Waals surface area (Å²) in [6.45, 7) is 4.62. The van der Waals surface area contributed by atoms with E-state index in [1.165, 1.54) is 49.4 Å². The highest BCUT2D eigenvalue weighted by atomic mass is 15.1. The second-order valence-corrected chi connectivity index (χ2v) is 12.3. The van der Waals surface area contributed by atoms with E-state index in [4.69, 9.17) is 9.97 Å². The number of para-hydroxylation sites is 1. The summed E-state index contributed by atoms with van der Waals surface area (Å²) in [5.41, 5.74) is 10.1. The summed E-state index contributed by atoms with van der Waals surface area (Å²) in [5, 5.41) is 4.91. The number of hydrogen-bond acceptors (Lipinski definition) is 2. The Morgan fingerprint density at radius 1 is 0.523 bits per heavy atom. The van der Waals surface area contributed by atoms with E-state index in [1.54, 1.807) is 0 Å². The number of nitrogens with zero attached hydrogens (tertiary/aromatic N) is 3. The van der Waals surface area contributed by atoms with Gasteiger partial charge in [-0.05, 0) is 45.7 Å². The van der Waals surface area contributed by atoms with Crippen molar-refractivity contribution in [3.8, 4) is 39.6 Å². The third-order valence-corrected chi connectivity index (χ3v) is 9.37. The summed E-state index contributed by atoms with van der Waals surface area (Å²) in [7, 11) is 0. The van der Waals surface area contributed by atoms with Crippen molar-refractivity contribution in [2.24, 2.45) is 0 Å². The van der Waals surface area contributed by atoms with E-state index in [0.29, 0.717) is 0 Å². The van der Waals surface area contributed by atoms with Gasteiger partial charge in [0.1, 0.15) is 5.82 Å². The van der Waals surface area contributed by atoms with E-state index in [-0.39, 0.29) is 5.41 Å². The maximum atomic E-state index is 5.47. The minimum Gasteiger partial charge on any atom is -0.293 e. The molecule has 0 unspecified atom stereocenters. The van der Waals surface area contributed by atoms with Crippen molar-refractivity contribution in [1.29, 1.82) is 0 Å². The van der Waals surface area contributed by atoms with Crippen molar-refractivity contribution >= 4 is 32.6 Å². The van der Waals surface area contributed by atoms with Gasteiger partial charge in [0.2, 0.25) is 0 Å². The molecule has 0 radical (unpaired) electrons. The highest BCUT2D eigenvalue weighted by Crippen LogP contribution is 2.51. The minimum atomic E-state index is -0.272. The fraction of sp³-hybridized carbons (Fsp3) is 0.0732. The fourth-order valence-electron chi connectivity index (χ4n) is 7.21. The van der Waals surface area contributed by atoms with Gasteiger partial charge in [-0.15, -0.1) is 0 Å². The predicted octanol–water partition coefficient (Wildman–Crippen LogP) is 10.4. The van der Waals surface area contributed by atoms with E-state index < -0.39 is 0 Å². The van der Waals surface area contributed by atoms with Gasteiger partial charge in [-0.1, -0.05) is 135 Å². The van der Waals surface area contributed by atoms with Crippen LogP contribution in [0.2, 0.25) is 0 Å². The Kier molecular flexibility index (Phi) is 5.24. The first-order valence-corrected chi connectivity index (χ1v) is 15.2. The van der Waals surface area contributed by atoms with Crippen LogP contribution in [0, 0.1) is 0 Å². The zero-order valence-electron chi connectivity index (χ0n) is 24.6. The summed E-state index contributed by atoms with van der Waals surface area (Å²) in [5.74, 6) is 1.68. The quantitative estimate of drug-likeness (QED) is 0.214. The Labute approximate surface area is 256 Å². The fourth-order valence-corrected chi connectivity index (χ4v) is 7.21. The van der Waals surface area contributed by atoms with Gasteiger partial charge in [-0.3, -0.25) is 4.57 Å². The Morgan fingerprint density at radius 3 is 1.98 bits per heavy atom. The van der Waals surface area contributed by atoms with Crippen molar-refractivity contribution < 1.29 is 0 Å². The minimum absolute atomic E-state index is 0.272. The molecule has 0 aliphatic heterocycles. The Balaban J connectivity index is 1.37. The third-order valence-electron chi connectivity index (χ3n) is 9.37. The summed E-state index contributed by atoms with van der Waals surface area (Å²) in [4.78, 5) is 10.8. The van der Waals surface area contributed by atoms with Crippen LogP contribution in [0.5, 0.6) is 0 Å². The van der Waals surface area contributed by atoms with Gasteiger partial charge in [0.05, 0.1) is 16.7 Å². The van der Waals surface area contributed by atoms with Crippen LogP contribution in [0.25, 0.3) is 72.2 Å². The van der Waals surface area contributed by atoms with Crippen LogP contribution in [-0.2, 0) is 5.41 Å². The average molecular weight is 564 g/mol. The molecule has 0 N–H and O–H groups in total. The lowest BCUT2D eigenvalue weighted by Crippen LogP contribution is -2.19. The molecule has 0 spiro atoms. The molecular formula is C41H29N3. The molecule has 3 nitrogen and oxygen atoms in total. The van der Waals surface area contributed by atoms with Crippen molar-refractivity contribution in [2.45, 2.75) is 19.3 Å². The third kappa shape index (κ3) is 3.56. The topological polar surface area (TPSA) is 30.7 Å². The number of rotatable bonds is 3. The maximum absolute atomic E-state index is 5.47.